The molecule has 5 atom stereocenters. The fraction of sp³-hybridized carbons (Fsp3) is 0.857. The third-order valence-corrected chi connectivity index (χ3v) is 4.51. The van der Waals surface area contributed by atoms with E-state index in [9.17, 15) is 19.8 Å². The van der Waals surface area contributed by atoms with E-state index in [-0.39, 0.29) is 17.9 Å². The largest absolute Gasteiger partial charge is 0.481 e. The van der Waals surface area contributed by atoms with Crippen molar-refractivity contribution in [1.82, 2.24) is 5.32 Å². The minimum Gasteiger partial charge on any atom is -0.481 e. The fourth-order valence-electron chi connectivity index (χ4n) is 3.42. The average molecular weight is 269 g/mol. The number of hydrogen-bond acceptors (Lipinski definition) is 3. The number of aliphatic carboxylic acids is 1. The zero-order chi connectivity index (χ0) is 14.0. The molecule has 2 fully saturated rings. The van der Waals surface area contributed by atoms with E-state index in [1.165, 1.54) is 0 Å². The fourth-order valence-corrected chi connectivity index (χ4v) is 3.42. The standard InChI is InChI=1S/C14H23NO4/c1-8-6-9(10(7-8)14(18)19)13(17)15-11-4-2-3-5-12(11)16/h8-12,16H,2-7H2,1H3,(H,15,17)(H,18,19)/t8?,9-,10+,11?,12?/m0/s1. The Morgan fingerprint density at radius 2 is 1.74 bits per heavy atom. The number of amides is 1. The van der Waals surface area contributed by atoms with Crippen LogP contribution in [0.2, 0.25) is 0 Å². The number of hydrogen-bond donors (Lipinski definition) is 3. The lowest BCUT2D eigenvalue weighted by Crippen LogP contribution is -2.48. The number of rotatable bonds is 3. The van der Waals surface area contributed by atoms with E-state index in [1.54, 1.807) is 0 Å². The molecule has 2 saturated carbocycles. The molecule has 0 bridgehead atoms. The summed E-state index contributed by atoms with van der Waals surface area (Å²) in [6.07, 6.45) is 4.21. The molecule has 0 aromatic rings. The smallest absolute Gasteiger partial charge is 0.307 e. The first-order chi connectivity index (χ1) is 8.99. The Morgan fingerprint density at radius 3 is 2.37 bits per heavy atom. The minimum atomic E-state index is -0.881. The van der Waals surface area contributed by atoms with Crippen LogP contribution in [-0.4, -0.2) is 34.2 Å². The Morgan fingerprint density at radius 1 is 1.11 bits per heavy atom. The van der Waals surface area contributed by atoms with Gasteiger partial charge in [0.1, 0.15) is 0 Å². The number of carbonyl (C=O) groups excluding carboxylic acids is 1. The Hall–Kier alpha value is -1.10. The Kier molecular flexibility index (Phi) is 4.45. The molecule has 5 nitrogen and oxygen atoms in total. The third-order valence-electron chi connectivity index (χ3n) is 4.51. The van der Waals surface area contributed by atoms with E-state index in [4.69, 9.17) is 0 Å². The summed E-state index contributed by atoms with van der Waals surface area (Å²) in [6, 6.07) is -0.202. The van der Waals surface area contributed by atoms with Crippen LogP contribution >= 0.6 is 0 Å². The zero-order valence-corrected chi connectivity index (χ0v) is 11.3. The van der Waals surface area contributed by atoms with Crippen LogP contribution < -0.4 is 5.32 Å². The van der Waals surface area contributed by atoms with Crippen molar-refractivity contribution < 1.29 is 19.8 Å². The van der Waals surface area contributed by atoms with Gasteiger partial charge in [-0.2, -0.15) is 0 Å². The van der Waals surface area contributed by atoms with E-state index >= 15 is 0 Å². The Balaban J connectivity index is 1.96. The van der Waals surface area contributed by atoms with Crippen molar-refractivity contribution in [3.8, 4) is 0 Å². The monoisotopic (exact) mass is 269 g/mol. The van der Waals surface area contributed by atoms with Crippen molar-refractivity contribution in [3.63, 3.8) is 0 Å². The molecular weight excluding hydrogens is 246 g/mol. The normalized spacial score (nSPS) is 38.9. The first-order valence-electron chi connectivity index (χ1n) is 7.20. The van der Waals surface area contributed by atoms with E-state index in [0.29, 0.717) is 19.3 Å². The zero-order valence-electron chi connectivity index (χ0n) is 11.3. The summed E-state index contributed by atoms with van der Waals surface area (Å²) in [5, 5.41) is 21.9. The molecule has 0 spiro atoms. The number of carboxylic acids is 1. The molecule has 2 aliphatic carbocycles. The summed E-state index contributed by atoms with van der Waals surface area (Å²) in [5.74, 6) is -1.82. The molecule has 1 amide bonds. The molecule has 0 aliphatic heterocycles. The van der Waals surface area contributed by atoms with Crippen LogP contribution in [0.3, 0.4) is 0 Å². The first-order valence-corrected chi connectivity index (χ1v) is 7.20. The number of carbonyl (C=O) groups is 2. The highest BCUT2D eigenvalue weighted by Gasteiger charge is 2.42. The van der Waals surface area contributed by atoms with Gasteiger partial charge in [0.25, 0.3) is 0 Å². The first kappa shape index (κ1) is 14.3. The van der Waals surface area contributed by atoms with Crippen LogP contribution in [0.25, 0.3) is 0 Å². The van der Waals surface area contributed by atoms with Gasteiger partial charge in [-0.15, -0.1) is 0 Å². The SMILES string of the molecule is CC1C[C@H](C(=O)NC2CCCCC2O)[C@H](C(=O)O)C1. The van der Waals surface area contributed by atoms with Crippen molar-refractivity contribution in [3.05, 3.63) is 0 Å². The second-order valence-corrected chi connectivity index (χ2v) is 6.09. The molecule has 0 radical (unpaired) electrons. The molecule has 3 unspecified atom stereocenters. The third kappa shape index (κ3) is 3.26. The molecular formula is C14H23NO4. The van der Waals surface area contributed by atoms with Gasteiger partial charge < -0.3 is 15.5 Å². The maximum absolute atomic E-state index is 12.2. The summed E-state index contributed by atoms with van der Waals surface area (Å²) >= 11 is 0. The highest BCUT2D eigenvalue weighted by atomic mass is 16.4. The van der Waals surface area contributed by atoms with Crippen LogP contribution in [0.15, 0.2) is 0 Å². The molecule has 0 heterocycles. The number of aliphatic hydroxyl groups excluding tert-OH is 1. The molecule has 3 N–H and O–H groups in total. The topological polar surface area (TPSA) is 86.6 Å². The van der Waals surface area contributed by atoms with Gasteiger partial charge in [0.2, 0.25) is 5.91 Å². The highest BCUT2D eigenvalue weighted by molar-refractivity contribution is 5.85. The van der Waals surface area contributed by atoms with Gasteiger partial charge >= 0.3 is 5.97 Å². The average Bonchev–Trinajstić information content (AvgIpc) is 2.74. The lowest BCUT2D eigenvalue weighted by atomic mass is 9.90. The van der Waals surface area contributed by atoms with E-state index in [0.717, 1.165) is 19.3 Å². The summed E-state index contributed by atoms with van der Waals surface area (Å²) in [5.41, 5.74) is 0. The second kappa shape index (κ2) is 5.90. The van der Waals surface area contributed by atoms with Crippen molar-refractivity contribution in [2.75, 3.05) is 0 Å². The van der Waals surface area contributed by atoms with Crippen LogP contribution in [0.4, 0.5) is 0 Å². The summed E-state index contributed by atoms with van der Waals surface area (Å²) in [6.45, 7) is 1.98. The second-order valence-electron chi connectivity index (χ2n) is 6.09. The predicted molar refractivity (Wildman–Crippen MR) is 69.4 cm³/mol. The summed E-state index contributed by atoms with van der Waals surface area (Å²) < 4.78 is 0. The highest BCUT2D eigenvalue weighted by Crippen LogP contribution is 2.36. The van der Waals surface area contributed by atoms with Gasteiger partial charge in [-0.3, -0.25) is 9.59 Å². The summed E-state index contributed by atoms with van der Waals surface area (Å²) in [4.78, 5) is 23.4. The quantitative estimate of drug-likeness (QED) is 0.717. The van der Waals surface area contributed by atoms with Crippen molar-refractivity contribution in [1.29, 1.82) is 0 Å². The van der Waals surface area contributed by atoms with Gasteiger partial charge in [-0.1, -0.05) is 19.8 Å². The van der Waals surface area contributed by atoms with Crippen molar-refractivity contribution in [2.45, 2.75) is 57.6 Å². The lowest BCUT2D eigenvalue weighted by molar-refractivity contribution is -0.146. The van der Waals surface area contributed by atoms with Crippen LogP contribution in [-0.2, 0) is 9.59 Å². The van der Waals surface area contributed by atoms with E-state index in [1.807, 2.05) is 6.92 Å². The van der Waals surface area contributed by atoms with E-state index in [2.05, 4.69) is 5.32 Å². The molecule has 5 heteroatoms. The minimum absolute atomic E-state index is 0.192. The van der Waals surface area contributed by atoms with Crippen LogP contribution in [0.5, 0.6) is 0 Å². The molecule has 0 saturated heterocycles. The summed E-state index contributed by atoms with van der Waals surface area (Å²) in [7, 11) is 0. The molecule has 2 aliphatic rings. The Labute approximate surface area is 113 Å². The molecule has 0 aromatic carbocycles. The van der Waals surface area contributed by atoms with Crippen molar-refractivity contribution >= 4 is 11.9 Å². The maximum Gasteiger partial charge on any atom is 0.307 e. The number of carboxylic acid groups (broad SMARTS) is 1. The Bertz CT molecular complexity index is 357. The number of nitrogens with one attached hydrogen (secondary N) is 1. The van der Waals surface area contributed by atoms with Gasteiger partial charge in [0.05, 0.1) is 24.0 Å². The van der Waals surface area contributed by atoms with Gasteiger partial charge in [0, 0.05) is 0 Å². The molecule has 2 rings (SSSR count). The van der Waals surface area contributed by atoms with Crippen molar-refractivity contribution in [2.24, 2.45) is 17.8 Å². The van der Waals surface area contributed by atoms with Gasteiger partial charge in [0.15, 0.2) is 0 Å². The van der Waals surface area contributed by atoms with Gasteiger partial charge in [-0.05, 0) is 31.6 Å². The molecule has 108 valence electrons. The van der Waals surface area contributed by atoms with Crippen LogP contribution in [0, 0.1) is 17.8 Å². The van der Waals surface area contributed by atoms with Gasteiger partial charge in [-0.25, -0.2) is 0 Å². The maximum atomic E-state index is 12.2. The van der Waals surface area contributed by atoms with E-state index < -0.39 is 23.9 Å². The molecule has 0 aromatic heterocycles. The van der Waals surface area contributed by atoms with Crippen LogP contribution in [0.1, 0.15) is 45.4 Å². The molecule has 19 heavy (non-hydrogen) atoms. The lowest BCUT2D eigenvalue weighted by Gasteiger charge is -2.29. The predicted octanol–water partition coefficient (Wildman–Crippen LogP) is 1.15. The number of aliphatic hydroxyl groups is 1.